The number of benzene rings is 1. The molecule has 1 amide bonds. The summed E-state index contributed by atoms with van der Waals surface area (Å²) in [4.78, 5) is 37.0. The zero-order valence-corrected chi connectivity index (χ0v) is 15.3. The van der Waals surface area contributed by atoms with Crippen LogP contribution in [0.4, 0.5) is 10.5 Å². The van der Waals surface area contributed by atoms with E-state index >= 15 is 0 Å². The molecule has 1 aliphatic heterocycles. The lowest BCUT2D eigenvalue weighted by Crippen LogP contribution is -2.49. The van der Waals surface area contributed by atoms with E-state index in [1.54, 1.807) is 18.2 Å². The first-order chi connectivity index (χ1) is 11.7. The summed E-state index contributed by atoms with van der Waals surface area (Å²) in [5.41, 5.74) is 1.26. The number of alkyl carbamates (subject to hydrolysis) is 1. The first-order valence-corrected chi connectivity index (χ1v) is 8.54. The van der Waals surface area contributed by atoms with E-state index in [0.29, 0.717) is 17.7 Å². The number of ketones is 1. The molecule has 0 saturated carbocycles. The molecular formula is C19H26N2O4. The molecule has 0 bridgehead atoms. The number of carbonyl (C=O) groups is 3. The number of aldehydes is 1. The van der Waals surface area contributed by atoms with Gasteiger partial charge in [-0.15, -0.1) is 0 Å². The van der Waals surface area contributed by atoms with Gasteiger partial charge in [-0.3, -0.25) is 9.59 Å². The topological polar surface area (TPSA) is 75.7 Å². The van der Waals surface area contributed by atoms with Gasteiger partial charge in [-0.2, -0.15) is 0 Å². The van der Waals surface area contributed by atoms with E-state index in [2.05, 4.69) is 10.2 Å². The number of nitrogens with one attached hydrogen (secondary N) is 1. The Kier molecular flexibility index (Phi) is 5.82. The molecular weight excluding hydrogens is 320 g/mol. The second kappa shape index (κ2) is 7.68. The lowest BCUT2D eigenvalue weighted by atomic mass is 10.0. The van der Waals surface area contributed by atoms with Crippen LogP contribution in [0.15, 0.2) is 18.2 Å². The first-order valence-electron chi connectivity index (χ1n) is 8.54. The highest BCUT2D eigenvalue weighted by Gasteiger charge is 2.25. The molecule has 0 unspecified atom stereocenters. The van der Waals surface area contributed by atoms with E-state index in [9.17, 15) is 14.4 Å². The van der Waals surface area contributed by atoms with Gasteiger partial charge in [0.25, 0.3) is 0 Å². The van der Waals surface area contributed by atoms with Crippen molar-refractivity contribution in [1.82, 2.24) is 5.32 Å². The quantitative estimate of drug-likeness (QED) is 0.669. The highest BCUT2D eigenvalue weighted by molar-refractivity contribution is 5.97. The maximum Gasteiger partial charge on any atom is 0.407 e. The van der Waals surface area contributed by atoms with Crippen LogP contribution in [0.2, 0.25) is 0 Å². The molecule has 6 heteroatoms. The minimum Gasteiger partial charge on any atom is -0.444 e. The number of Topliss-reactive ketones (excluding diaryl/α,β-unsaturated/α-hetero) is 1. The monoisotopic (exact) mass is 346 g/mol. The third kappa shape index (κ3) is 5.31. The van der Waals surface area contributed by atoms with E-state index in [-0.39, 0.29) is 11.8 Å². The molecule has 2 rings (SSSR count). The number of hydrogen-bond donors (Lipinski definition) is 1. The van der Waals surface area contributed by atoms with Crippen LogP contribution in [0.3, 0.4) is 0 Å². The summed E-state index contributed by atoms with van der Waals surface area (Å²) >= 11 is 0. The van der Waals surface area contributed by atoms with Crippen molar-refractivity contribution in [2.24, 2.45) is 0 Å². The Labute approximate surface area is 148 Å². The second-order valence-electron chi connectivity index (χ2n) is 7.38. The third-order valence-corrected chi connectivity index (χ3v) is 4.04. The van der Waals surface area contributed by atoms with Crippen molar-refractivity contribution in [2.75, 3.05) is 18.0 Å². The lowest BCUT2D eigenvalue weighted by molar-refractivity contribution is 0.0499. The smallest absolute Gasteiger partial charge is 0.407 e. The predicted octanol–water partition coefficient (Wildman–Crippen LogP) is 3.20. The van der Waals surface area contributed by atoms with Gasteiger partial charge in [0.15, 0.2) is 12.1 Å². The zero-order chi connectivity index (χ0) is 18.6. The Balaban J connectivity index is 2.09. The van der Waals surface area contributed by atoms with Gasteiger partial charge < -0.3 is 15.0 Å². The zero-order valence-electron chi connectivity index (χ0n) is 15.3. The predicted molar refractivity (Wildman–Crippen MR) is 96.4 cm³/mol. The average molecular weight is 346 g/mol. The standard InChI is InChI=1S/C19H26N2O4/c1-13(23)14-7-8-17(15(10-14)12-22)21-9-5-6-16(11-21)20-18(24)25-19(2,3)4/h7-8,10,12,16H,5-6,9,11H2,1-4H3,(H,20,24)/t16-/m1/s1. The maximum absolute atomic E-state index is 12.0. The Morgan fingerprint density at radius 1 is 1.32 bits per heavy atom. The van der Waals surface area contributed by atoms with Crippen LogP contribution in [-0.4, -0.2) is 42.9 Å². The van der Waals surface area contributed by atoms with Gasteiger partial charge >= 0.3 is 6.09 Å². The average Bonchev–Trinajstić information content (AvgIpc) is 2.52. The molecule has 1 aliphatic rings. The summed E-state index contributed by atoms with van der Waals surface area (Å²) in [5, 5.41) is 2.90. The van der Waals surface area contributed by atoms with Gasteiger partial charge in [-0.25, -0.2) is 4.79 Å². The number of carbonyl (C=O) groups excluding carboxylic acids is 3. The highest BCUT2D eigenvalue weighted by atomic mass is 16.6. The first kappa shape index (κ1) is 19.0. The minimum absolute atomic E-state index is 0.0458. The fourth-order valence-electron chi connectivity index (χ4n) is 2.94. The number of rotatable bonds is 4. The Hall–Kier alpha value is -2.37. The van der Waals surface area contributed by atoms with Crippen molar-refractivity contribution < 1.29 is 19.1 Å². The molecule has 0 radical (unpaired) electrons. The van der Waals surface area contributed by atoms with Crippen molar-refractivity contribution in [2.45, 2.75) is 52.2 Å². The lowest BCUT2D eigenvalue weighted by Gasteiger charge is -2.35. The summed E-state index contributed by atoms with van der Waals surface area (Å²) in [6.45, 7) is 8.35. The molecule has 1 aromatic carbocycles. The number of ether oxygens (including phenoxy) is 1. The number of nitrogens with zero attached hydrogens (tertiary/aromatic N) is 1. The Morgan fingerprint density at radius 3 is 2.64 bits per heavy atom. The molecule has 6 nitrogen and oxygen atoms in total. The van der Waals surface area contributed by atoms with Gasteiger partial charge in [0.2, 0.25) is 0 Å². The fraction of sp³-hybridized carbons (Fsp3) is 0.526. The second-order valence-corrected chi connectivity index (χ2v) is 7.38. The number of amides is 1. The molecule has 1 saturated heterocycles. The SMILES string of the molecule is CC(=O)c1ccc(N2CCC[C@@H](NC(=O)OC(C)(C)C)C2)c(C=O)c1. The minimum atomic E-state index is -0.536. The molecule has 1 heterocycles. The van der Waals surface area contributed by atoms with Gasteiger partial charge in [-0.1, -0.05) is 0 Å². The van der Waals surface area contributed by atoms with E-state index < -0.39 is 11.7 Å². The highest BCUT2D eigenvalue weighted by Crippen LogP contribution is 2.25. The summed E-state index contributed by atoms with van der Waals surface area (Å²) in [6, 6.07) is 5.11. The summed E-state index contributed by atoms with van der Waals surface area (Å²) in [7, 11) is 0. The maximum atomic E-state index is 12.0. The van der Waals surface area contributed by atoms with Crippen molar-refractivity contribution in [3.8, 4) is 0 Å². The van der Waals surface area contributed by atoms with Crippen LogP contribution >= 0.6 is 0 Å². The molecule has 0 aliphatic carbocycles. The van der Waals surface area contributed by atoms with E-state index in [4.69, 9.17) is 4.74 Å². The number of hydrogen-bond acceptors (Lipinski definition) is 5. The molecule has 1 atom stereocenters. The normalized spacial score (nSPS) is 17.8. The third-order valence-electron chi connectivity index (χ3n) is 4.04. The van der Waals surface area contributed by atoms with Crippen LogP contribution in [0.5, 0.6) is 0 Å². The van der Waals surface area contributed by atoms with E-state index in [1.807, 2.05) is 20.8 Å². The molecule has 25 heavy (non-hydrogen) atoms. The number of piperidine rings is 1. The summed E-state index contributed by atoms with van der Waals surface area (Å²) in [6.07, 6.45) is 2.10. The van der Waals surface area contributed by atoms with Crippen LogP contribution in [0.25, 0.3) is 0 Å². The molecule has 1 aromatic rings. The number of anilines is 1. The molecule has 1 fully saturated rings. The molecule has 1 N–H and O–H groups in total. The van der Waals surface area contributed by atoms with Gasteiger partial charge in [0.05, 0.1) is 0 Å². The van der Waals surface area contributed by atoms with Gasteiger partial charge in [-0.05, 0) is 58.7 Å². The molecule has 0 spiro atoms. The Morgan fingerprint density at radius 2 is 2.04 bits per heavy atom. The fourth-order valence-corrected chi connectivity index (χ4v) is 2.94. The van der Waals surface area contributed by atoms with E-state index in [1.165, 1.54) is 6.92 Å². The van der Waals surface area contributed by atoms with Crippen LogP contribution in [0, 0.1) is 0 Å². The summed E-state index contributed by atoms with van der Waals surface area (Å²) < 4.78 is 5.31. The van der Waals surface area contributed by atoms with E-state index in [0.717, 1.165) is 31.4 Å². The van der Waals surface area contributed by atoms with Crippen molar-refractivity contribution in [1.29, 1.82) is 0 Å². The van der Waals surface area contributed by atoms with Crippen molar-refractivity contribution in [3.63, 3.8) is 0 Å². The molecule has 0 aromatic heterocycles. The van der Waals surface area contributed by atoms with Gasteiger partial charge in [0.1, 0.15) is 5.60 Å². The molecule has 136 valence electrons. The van der Waals surface area contributed by atoms with Gasteiger partial charge in [0, 0.05) is 35.9 Å². The van der Waals surface area contributed by atoms with Crippen LogP contribution in [-0.2, 0) is 4.74 Å². The largest absolute Gasteiger partial charge is 0.444 e. The van der Waals surface area contributed by atoms with Crippen LogP contribution < -0.4 is 10.2 Å². The Bertz CT molecular complexity index is 664. The van der Waals surface area contributed by atoms with Crippen molar-refractivity contribution in [3.05, 3.63) is 29.3 Å². The van der Waals surface area contributed by atoms with Crippen molar-refractivity contribution >= 4 is 23.9 Å². The summed E-state index contributed by atoms with van der Waals surface area (Å²) in [5.74, 6) is -0.0715. The van der Waals surface area contributed by atoms with Crippen LogP contribution in [0.1, 0.15) is 61.3 Å².